The van der Waals surface area contributed by atoms with E-state index in [1.165, 1.54) is 0 Å². The molecule has 0 aliphatic heterocycles. The Morgan fingerprint density at radius 1 is 1.42 bits per heavy atom. The first-order valence-corrected chi connectivity index (χ1v) is 6.74. The van der Waals surface area contributed by atoms with Crippen LogP contribution < -0.4 is 10.6 Å². The molecule has 0 saturated heterocycles. The van der Waals surface area contributed by atoms with Crippen LogP contribution in [0, 0.1) is 5.41 Å². The van der Waals surface area contributed by atoms with Crippen LogP contribution >= 0.6 is 11.6 Å². The van der Waals surface area contributed by atoms with Crippen molar-refractivity contribution in [3.8, 4) is 0 Å². The van der Waals surface area contributed by atoms with Gasteiger partial charge in [0, 0.05) is 22.2 Å². The van der Waals surface area contributed by atoms with E-state index in [4.69, 9.17) is 11.6 Å². The summed E-state index contributed by atoms with van der Waals surface area (Å²) in [6.07, 6.45) is 0.408. The zero-order chi connectivity index (χ0) is 14.0. The Bertz CT molecular complexity index is 459. The highest BCUT2D eigenvalue weighted by atomic mass is 35.5. The van der Waals surface area contributed by atoms with Crippen LogP contribution in [0.25, 0.3) is 0 Å². The molecule has 19 heavy (non-hydrogen) atoms. The Labute approximate surface area is 118 Å². The topological polar surface area (TPSA) is 61.4 Å². The first kappa shape index (κ1) is 14.3. The van der Waals surface area contributed by atoms with E-state index >= 15 is 0 Å². The Hall–Kier alpha value is -1.10. The second-order valence-electron chi connectivity index (χ2n) is 5.56. The molecule has 1 fully saturated rings. The fourth-order valence-corrected chi connectivity index (χ4v) is 2.33. The minimum atomic E-state index is -0.288. The van der Waals surface area contributed by atoms with Crippen molar-refractivity contribution in [2.24, 2.45) is 5.41 Å². The average molecular weight is 283 g/mol. The van der Waals surface area contributed by atoms with Gasteiger partial charge in [0.05, 0.1) is 12.6 Å². The summed E-state index contributed by atoms with van der Waals surface area (Å²) in [7, 11) is 0. The molecular formula is C14H19ClN2O2. The van der Waals surface area contributed by atoms with Crippen LogP contribution in [-0.2, 0) is 4.79 Å². The molecule has 104 valence electrons. The van der Waals surface area contributed by atoms with Crippen molar-refractivity contribution < 1.29 is 9.90 Å². The number of rotatable bonds is 4. The van der Waals surface area contributed by atoms with Crippen molar-refractivity contribution >= 4 is 23.2 Å². The first-order valence-electron chi connectivity index (χ1n) is 6.36. The zero-order valence-electron chi connectivity index (χ0n) is 11.1. The van der Waals surface area contributed by atoms with Crippen molar-refractivity contribution in [1.82, 2.24) is 5.32 Å². The molecule has 0 aromatic heterocycles. The van der Waals surface area contributed by atoms with E-state index < -0.39 is 0 Å². The van der Waals surface area contributed by atoms with E-state index in [0.29, 0.717) is 11.4 Å². The molecule has 5 heteroatoms. The van der Waals surface area contributed by atoms with Crippen LogP contribution in [0.3, 0.4) is 0 Å². The van der Waals surface area contributed by atoms with Gasteiger partial charge in [-0.15, -0.1) is 0 Å². The molecule has 3 N–H and O–H groups in total. The van der Waals surface area contributed by atoms with Crippen LogP contribution in [0.4, 0.5) is 5.69 Å². The molecule has 1 aliphatic carbocycles. The van der Waals surface area contributed by atoms with Crippen LogP contribution in [0.15, 0.2) is 24.3 Å². The predicted molar refractivity (Wildman–Crippen MR) is 76.3 cm³/mol. The fraction of sp³-hybridized carbons (Fsp3) is 0.500. The van der Waals surface area contributed by atoms with Gasteiger partial charge in [-0.05, 0) is 30.7 Å². The number of benzene rings is 1. The summed E-state index contributed by atoms with van der Waals surface area (Å²) in [4.78, 5) is 11.8. The number of halogens is 1. The summed E-state index contributed by atoms with van der Waals surface area (Å²) in [5.74, 6) is -0.0977. The van der Waals surface area contributed by atoms with Gasteiger partial charge < -0.3 is 15.7 Å². The van der Waals surface area contributed by atoms with E-state index in [9.17, 15) is 9.90 Å². The summed E-state index contributed by atoms with van der Waals surface area (Å²) in [6.45, 7) is 4.23. The maximum absolute atomic E-state index is 11.8. The van der Waals surface area contributed by atoms with Crippen LogP contribution in [0.5, 0.6) is 0 Å². The van der Waals surface area contributed by atoms with Gasteiger partial charge in [0.1, 0.15) is 0 Å². The third kappa shape index (κ3) is 3.26. The lowest BCUT2D eigenvalue weighted by molar-refractivity contribution is -0.117. The number of carbonyl (C=O) groups is 1. The molecule has 0 spiro atoms. The van der Waals surface area contributed by atoms with E-state index in [0.717, 1.165) is 5.69 Å². The third-order valence-electron chi connectivity index (χ3n) is 3.85. The van der Waals surface area contributed by atoms with E-state index in [-0.39, 0.29) is 30.0 Å². The number of nitrogens with one attached hydrogen (secondary N) is 2. The van der Waals surface area contributed by atoms with Gasteiger partial charge in [0.25, 0.3) is 0 Å². The Kier molecular flexibility index (Phi) is 4.13. The zero-order valence-corrected chi connectivity index (χ0v) is 11.9. The van der Waals surface area contributed by atoms with E-state index in [2.05, 4.69) is 10.6 Å². The summed E-state index contributed by atoms with van der Waals surface area (Å²) < 4.78 is 0. The van der Waals surface area contributed by atoms with Crippen molar-refractivity contribution in [3.63, 3.8) is 0 Å². The van der Waals surface area contributed by atoms with Crippen molar-refractivity contribution in [2.45, 2.75) is 32.4 Å². The lowest BCUT2D eigenvalue weighted by atomic mass is 9.64. The molecule has 1 aromatic rings. The highest BCUT2D eigenvalue weighted by Crippen LogP contribution is 2.40. The second-order valence-corrected chi connectivity index (χ2v) is 6.00. The Morgan fingerprint density at radius 3 is 2.58 bits per heavy atom. The molecule has 0 radical (unpaired) electrons. The minimum Gasteiger partial charge on any atom is -0.392 e. The van der Waals surface area contributed by atoms with Gasteiger partial charge >= 0.3 is 0 Å². The minimum absolute atomic E-state index is 0.0977. The molecule has 0 heterocycles. The lowest BCUT2D eigenvalue weighted by Crippen LogP contribution is -2.60. The molecule has 2 unspecified atom stereocenters. The van der Waals surface area contributed by atoms with Crippen molar-refractivity contribution in [2.75, 3.05) is 11.9 Å². The van der Waals surface area contributed by atoms with Crippen LogP contribution in [-0.4, -0.2) is 29.7 Å². The molecule has 2 rings (SSSR count). The molecule has 1 aliphatic rings. The van der Waals surface area contributed by atoms with Gasteiger partial charge in [0.2, 0.25) is 5.91 Å². The van der Waals surface area contributed by atoms with E-state index in [1.54, 1.807) is 24.3 Å². The molecule has 2 atom stereocenters. The van der Waals surface area contributed by atoms with Crippen LogP contribution in [0.1, 0.15) is 20.3 Å². The molecule has 1 amide bonds. The summed E-state index contributed by atoms with van der Waals surface area (Å²) >= 11 is 5.77. The number of anilines is 1. The number of hydrogen-bond donors (Lipinski definition) is 3. The highest BCUT2D eigenvalue weighted by Gasteiger charge is 2.46. The Balaban J connectivity index is 1.78. The van der Waals surface area contributed by atoms with Crippen molar-refractivity contribution in [3.05, 3.63) is 29.3 Å². The first-order chi connectivity index (χ1) is 8.89. The SMILES string of the molecule is CC1(C)C(O)CC1NCC(=O)Nc1ccc(Cl)cc1. The quantitative estimate of drug-likeness (QED) is 0.792. The normalized spacial score (nSPS) is 24.6. The smallest absolute Gasteiger partial charge is 0.238 e. The monoisotopic (exact) mass is 282 g/mol. The lowest BCUT2D eigenvalue weighted by Gasteiger charge is -2.49. The second kappa shape index (κ2) is 5.49. The Morgan fingerprint density at radius 2 is 2.05 bits per heavy atom. The fourth-order valence-electron chi connectivity index (χ4n) is 2.20. The number of aliphatic hydroxyl groups is 1. The predicted octanol–water partition coefficient (Wildman–Crippen LogP) is 2.03. The average Bonchev–Trinajstić information content (AvgIpc) is 2.37. The van der Waals surface area contributed by atoms with Crippen LogP contribution in [0.2, 0.25) is 5.02 Å². The maximum Gasteiger partial charge on any atom is 0.238 e. The number of amides is 1. The van der Waals surface area contributed by atoms with E-state index in [1.807, 2.05) is 13.8 Å². The molecule has 4 nitrogen and oxygen atoms in total. The number of aliphatic hydroxyl groups excluding tert-OH is 1. The van der Waals surface area contributed by atoms with Gasteiger partial charge in [-0.1, -0.05) is 25.4 Å². The van der Waals surface area contributed by atoms with Gasteiger partial charge in [0.15, 0.2) is 0 Å². The number of hydrogen-bond acceptors (Lipinski definition) is 3. The van der Waals surface area contributed by atoms with Gasteiger partial charge in [-0.3, -0.25) is 4.79 Å². The summed E-state index contributed by atoms with van der Waals surface area (Å²) in [6, 6.07) is 7.17. The molecule has 1 saturated carbocycles. The highest BCUT2D eigenvalue weighted by molar-refractivity contribution is 6.30. The van der Waals surface area contributed by atoms with Gasteiger partial charge in [-0.2, -0.15) is 0 Å². The number of carbonyl (C=O) groups excluding carboxylic acids is 1. The van der Waals surface area contributed by atoms with Crippen molar-refractivity contribution in [1.29, 1.82) is 0 Å². The third-order valence-corrected chi connectivity index (χ3v) is 4.10. The maximum atomic E-state index is 11.8. The summed E-state index contributed by atoms with van der Waals surface area (Å²) in [5.41, 5.74) is 0.560. The largest absolute Gasteiger partial charge is 0.392 e. The molecular weight excluding hydrogens is 264 g/mol. The van der Waals surface area contributed by atoms with Gasteiger partial charge in [-0.25, -0.2) is 0 Å². The summed E-state index contributed by atoms with van der Waals surface area (Å²) in [5, 5.41) is 16.2. The standard InChI is InChI=1S/C14H19ClN2O2/c1-14(2)11(7-12(14)18)16-8-13(19)17-10-5-3-9(15)4-6-10/h3-6,11-12,16,18H,7-8H2,1-2H3,(H,17,19). The molecule has 0 bridgehead atoms. The molecule has 1 aromatic carbocycles.